The van der Waals surface area contributed by atoms with Crippen LogP contribution in [0.5, 0.6) is 5.75 Å². The summed E-state index contributed by atoms with van der Waals surface area (Å²) in [5.41, 5.74) is 2.10. The second kappa shape index (κ2) is 6.53. The van der Waals surface area contributed by atoms with E-state index >= 15 is 0 Å². The number of ether oxygens (including phenoxy) is 1. The van der Waals surface area contributed by atoms with Gasteiger partial charge in [-0.15, -0.1) is 0 Å². The topological polar surface area (TPSA) is 46.5 Å². The van der Waals surface area contributed by atoms with Crippen molar-refractivity contribution in [2.24, 2.45) is 0 Å². The maximum atomic E-state index is 11.5. The Morgan fingerprint density at radius 2 is 1.70 bits per heavy atom. The number of carboxylic acids is 1. The summed E-state index contributed by atoms with van der Waals surface area (Å²) in [5.74, 6) is -0.387. The molecule has 3 nitrogen and oxygen atoms in total. The number of aliphatic carboxylic acids is 1. The van der Waals surface area contributed by atoms with Gasteiger partial charge in [0.05, 0.1) is 0 Å². The first kappa shape index (κ1) is 15.1. The Morgan fingerprint density at radius 3 is 2.39 bits per heavy atom. The zero-order valence-corrected chi connectivity index (χ0v) is 12.9. The Morgan fingerprint density at radius 1 is 1.00 bits per heavy atom. The van der Waals surface area contributed by atoms with Crippen LogP contribution in [0.3, 0.4) is 0 Å². The Balaban J connectivity index is 1.80. The highest BCUT2D eigenvalue weighted by molar-refractivity contribution is 5.84. The van der Waals surface area contributed by atoms with E-state index in [4.69, 9.17) is 4.74 Å². The van der Waals surface area contributed by atoms with Crippen molar-refractivity contribution in [2.75, 3.05) is 0 Å². The third-order valence-electron chi connectivity index (χ3n) is 3.82. The van der Waals surface area contributed by atoms with Gasteiger partial charge < -0.3 is 9.84 Å². The standard InChI is InChI=1S/C20H18O3/c1-14-6-8-15(9-7-14)12-19(20(21)22)23-18-11-10-16-4-2-3-5-17(16)13-18/h2-11,13,19H,12H2,1H3,(H,21,22). The van der Waals surface area contributed by atoms with E-state index in [0.717, 1.165) is 21.9 Å². The average Bonchev–Trinajstić information content (AvgIpc) is 2.56. The number of rotatable bonds is 5. The molecule has 0 spiro atoms. The summed E-state index contributed by atoms with van der Waals surface area (Å²) in [7, 11) is 0. The van der Waals surface area contributed by atoms with Gasteiger partial charge in [-0.1, -0.05) is 60.2 Å². The summed E-state index contributed by atoms with van der Waals surface area (Å²) in [5, 5.41) is 11.6. The lowest BCUT2D eigenvalue weighted by Crippen LogP contribution is -2.29. The minimum Gasteiger partial charge on any atom is -0.478 e. The summed E-state index contributed by atoms with van der Waals surface area (Å²) < 4.78 is 5.72. The summed E-state index contributed by atoms with van der Waals surface area (Å²) in [6, 6.07) is 21.4. The molecule has 1 atom stereocenters. The normalized spacial score (nSPS) is 12.0. The summed E-state index contributed by atoms with van der Waals surface area (Å²) in [4.78, 5) is 11.5. The Labute approximate surface area is 135 Å². The first-order valence-corrected chi connectivity index (χ1v) is 7.55. The van der Waals surface area contributed by atoms with Crippen molar-refractivity contribution in [3.63, 3.8) is 0 Å². The van der Waals surface area contributed by atoms with E-state index in [9.17, 15) is 9.90 Å². The van der Waals surface area contributed by atoms with Gasteiger partial charge in [-0.2, -0.15) is 0 Å². The van der Waals surface area contributed by atoms with Crippen molar-refractivity contribution in [3.8, 4) is 5.75 Å². The molecule has 3 aromatic rings. The minimum atomic E-state index is -0.960. The Kier molecular flexibility index (Phi) is 4.29. The number of aryl methyl sites for hydroxylation is 1. The highest BCUT2D eigenvalue weighted by Crippen LogP contribution is 2.22. The fourth-order valence-corrected chi connectivity index (χ4v) is 2.52. The first-order valence-electron chi connectivity index (χ1n) is 7.55. The third-order valence-corrected chi connectivity index (χ3v) is 3.82. The molecule has 116 valence electrons. The highest BCUT2D eigenvalue weighted by Gasteiger charge is 2.20. The smallest absolute Gasteiger partial charge is 0.345 e. The van der Waals surface area contributed by atoms with Crippen LogP contribution >= 0.6 is 0 Å². The van der Waals surface area contributed by atoms with Crippen LogP contribution in [-0.4, -0.2) is 17.2 Å². The molecule has 0 aliphatic rings. The van der Waals surface area contributed by atoms with Gasteiger partial charge in [0.15, 0.2) is 6.10 Å². The van der Waals surface area contributed by atoms with E-state index in [1.807, 2.05) is 73.7 Å². The second-order valence-corrected chi connectivity index (χ2v) is 5.64. The number of fused-ring (bicyclic) bond motifs is 1. The molecule has 0 saturated carbocycles. The lowest BCUT2D eigenvalue weighted by atomic mass is 10.1. The van der Waals surface area contributed by atoms with E-state index < -0.39 is 12.1 Å². The molecule has 0 heterocycles. The number of benzene rings is 3. The van der Waals surface area contributed by atoms with Crippen molar-refractivity contribution >= 4 is 16.7 Å². The van der Waals surface area contributed by atoms with Gasteiger partial charge in [0.1, 0.15) is 5.75 Å². The Bertz CT molecular complexity index is 822. The monoisotopic (exact) mass is 306 g/mol. The third kappa shape index (κ3) is 3.69. The summed E-state index contributed by atoms with van der Waals surface area (Å²) in [6.45, 7) is 2.00. The lowest BCUT2D eigenvalue weighted by Gasteiger charge is -2.16. The first-order chi connectivity index (χ1) is 11.1. The van der Waals surface area contributed by atoms with Crippen LogP contribution in [0.15, 0.2) is 66.7 Å². The number of hydrogen-bond donors (Lipinski definition) is 1. The molecule has 3 aromatic carbocycles. The van der Waals surface area contributed by atoms with Gasteiger partial charge in [-0.05, 0) is 35.4 Å². The predicted molar refractivity (Wildman–Crippen MR) is 90.9 cm³/mol. The summed E-state index contributed by atoms with van der Waals surface area (Å²) in [6.07, 6.45) is -0.568. The van der Waals surface area contributed by atoms with Crippen LogP contribution in [0.1, 0.15) is 11.1 Å². The molecule has 0 amide bonds. The SMILES string of the molecule is Cc1ccc(CC(Oc2ccc3ccccc3c2)C(=O)O)cc1. The van der Waals surface area contributed by atoms with Gasteiger partial charge in [-0.3, -0.25) is 0 Å². The van der Waals surface area contributed by atoms with Crippen LogP contribution in [-0.2, 0) is 11.2 Å². The molecular formula is C20H18O3. The molecule has 0 bridgehead atoms. The van der Waals surface area contributed by atoms with Crippen LogP contribution in [0.4, 0.5) is 0 Å². The molecule has 1 unspecified atom stereocenters. The molecule has 3 heteroatoms. The minimum absolute atomic E-state index is 0.336. The van der Waals surface area contributed by atoms with Crippen molar-refractivity contribution in [1.29, 1.82) is 0 Å². The maximum Gasteiger partial charge on any atom is 0.345 e. The van der Waals surface area contributed by atoms with Gasteiger partial charge >= 0.3 is 5.97 Å². The molecule has 0 fully saturated rings. The molecule has 0 aliphatic carbocycles. The van der Waals surface area contributed by atoms with E-state index in [0.29, 0.717) is 12.2 Å². The predicted octanol–water partition coefficient (Wildman–Crippen LogP) is 4.22. The largest absolute Gasteiger partial charge is 0.478 e. The van der Waals surface area contributed by atoms with Crippen LogP contribution in [0, 0.1) is 6.92 Å². The van der Waals surface area contributed by atoms with Crippen LogP contribution < -0.4 is 4.74 Å². The van der Waals surface area contributed by atoms with E-state index in [1.165, 1.54) is 0 Å². The second-order valence-electron chi connectivity index (χ2n) is 5.64. The van der Waals surface area contributed by atoms with E-state index in [-0.39, 0.29) is 0 Å². The van der Waals surface area contributed by atoms with E-state index in [1.54, 1.807) is 0 Å². The van der Waals surface area contributed by atoms with Gasteiger partial charge in [0, 0.05) is 6.42 Å². The van der Waals surface area contributed by atoms with Crippen LogP contribution in [0.25, 0.3) is 10.8 Å². The summed E-state index contributed by atoms with van der Waals surface area (Å²) >= 11 is 0. The number of carbonyl (C=O) groups is 1. The molecule has 0 aromatic heterocycles. The highest BCUT2D eigenvalue weighted by atomic mass is 16.5. The molecule has 3 rings (SSSR count). The van der Waals surface area contributed by atoms with Crippen molar-refractivity contribution in [2.45, 2.75) is 19.4 Å². The molecule has 0 aliphatic heterocycles. The van der Waals surface area contributed by atoms with Crippen molar-refractivity contribution < 1.29 is 14.6 Å². The molecule has 0 saturated heterocycles. The molecule has 23 heavy (non-hydrogen) atoms. The molecule has 0 radical (unpaired) electrons. The van der Waals surface area contributed by atoms with Crippen molar-refractivity contribution in [1.82, 2.24) is 0 Å². The number of carboxylic acid groups (broad SMARTS) is 1. The van der Waals surface area contributed by atoms with Crippen LogP contribution in [0.2, 0.25) is 0 Å². The number of hydrogen-bond acceptors (Lipinski definition) is 2. The molecular weight excluding hydrogens is 288 g/mol. The average molecular weight is 306 g/mol. The fourth-order valence-electron chi connectivity index (χ4n) is 2.52. The zero-order chi connectivity index (χ0) is 16.2. The van der Waals surface area contributed by atoms with E-state index in [2.05, 4.69) is 0 Å². The quantitative estimate of drug-likeness (QED) is 0.767. The van der Waals surface area contributed by atoms with Gasteiger partial charge in [0.2, 0.25) is 0 Å². The van der Waals surface area contributed by atoms with Gasteiger partial charge in [-0.25, -0.2) is 4.79 Å². The lowest BCUT2D eigenvalue weighted by molar-refractivity contribution is -0.145. The van der Waals surface area contributed by atoms with Crippen molar-refractivity contribution in [3.05, 3.63) is 77.9 Å². The molecule has 1 N–H and O–H groups in total. The van der Waals surface area contributed by atoms with Gasteiger partial charge in [0.25, 0.3) is 0 Å². The zero-order valence-electron chi connectivity index (χ0n) is 12.9. The Hall–Kier alpha value is -2.81. The fraction of sp³-hybridized carbons (Fsp3) is 0.150. The maximum absolute atomic E-state index is 11.5.